The number of aromatic hydroxyl groups is 1. The molecule has 2 saturated heterocycles. The Labute approximate surface area is 166 Å². The van der Waals surface area contributed by atoms with Crippen molar-refractivity contribution in [1.82, 2.24) is 9.97 Å². The van der Waals surface area contributed by atoms with Crippen LogP contribution in [0.25, 0.3) is 10.9 Å². The summed E-state index contributed by atoms with van der Waals surface area (Å²) in [6, 6.07) is 10.6. The first-order chi connectivity index (χ1) is 13.7. The Morgan fingerprint density at radius 3 is 2.86 bits per heavy atom. The summed E-state index contributed by atoms with van der Waals surface area (Å²) in [6.45, 7) is 1.12. The molecule has 2 unspecified atom stereocenters. The molecule has 3 heterocycles. The molecular weight excluding hydrogens is 382 g/mol. The number of nitrogens with zero attached hydrogens (tertiary/aromatic N) is 2. The number of aromatic nitrogens is 2. The van der Waals surface area contributed by atoms with Gasteiger partial charge in [-0.25, -0.2) is 9.97 Å². The average Bonchev–Trinajstić information content (AvgIpc) is 3.30. The number of fused-ring (bicyclic) bond motifs is 2. The molecule has 0 amide bonds. The second-order valence-corrected chi connectivity index (χ2v) is 7.28. The molecule has 0 aliphatic carbocycles. The minimum Gasteiger partial charge on any atom is -0.504 e. The highest BCUT2D eigenvalue weighted by atomic mass is 35.5. The Balaban J connectivity index is 1.43. The predicted molar refractivity (Wildman–Crippen MR) is 104 cm³/mol. The number of hydrogen-bond donors (Lipinski definition) is 2. The summed E-state index contributed by atoms with van der Waals surface area (Å²) in [6.07, 6.45) is 2.08. The van der Waals surface area contributed by atoms with Crippen molar-refractivity contribution < 1.29 is 19.3 Å². The van der Waals surface area contributed by atoms with Crippen LogP contribution in [0.15, 0.2) is 42.7 Å². The van der Waals surface area contributed by atoms with E-state index in [2.05, 4.69) is 15.3 Å². The maximum atomic E-state index is 10.5. The van der Waals surface area contributed by atoms with Crippen LogP contribution in [0.4, 0.5) is 11.5 Å². The van der Waals surface area contributed by atoms with Crippen molar-refractivity contribution in [3.63, 3.8) is 0 Å². The third-order valence-electron chi connectivity index (χ3n) is 5.02. The average molecular weight is 400 g/mol. The molecule has 0 spiro atoms. The van der Waals surface area contributed by atoms with Crippen LogP contribution in [-0.4, -0.2) is 46.6 Å². The zero-order valence-corrected chi connectivity index (χ0v) is 15.6. The van der Waals surface area contributed by atoms with Gasteiger partial charge in [0.1, 0.15) is 18.2 Å². The number of phenolic OH excluding ortho intramolecular Hbond substituents is 1. The van der Waals surface area contributed by atoms with E-state index in [4.69, 9.17) is 25.8 Å². The van der Waals surface area contributed by atoms with Gasteiger partial charge in [0, 0.05) is 28.8 Å². The van der Waals surface area contributed by atoms with E-state index >= 15 is 0 Å². The maximum absolute atomic E-state index is 10.5. The first kappa shape index (κ1) is 17.5. The van der Waals surface area contributed by atoms with Crippen molar-refractivity contribution >= 4 is 34.0 Å². The summed E-state index contributed by atoms with van der Waals surface area (Å²) in [5.41, 5.74) is 1.49. The molecule has 2 aromatic carbocycles. The van der Waals surface area contributed by atoms with Crippen LogP contribution in [-0.2, 0) is 9.47 Å². The first-order valence-electron chi connectivity index (χ1n) is 9.07. The number of halogens is 1. The van der Waals surface area contributed by atoms with Gasteiger partial charge in [-0.15, -0.1) is 0 Å². The Hall–Kier alpha value is -2.61. The lowest BCUT2D eigenvalue weighted by Gasteiger charge is -2.19. The van der Waals surface area contributed by atoms with E-state index in [1.54, 1.807) is 24.3 Å². The number of anilines is 2. The highest BCUT2D eigenvalue weighted by molar-refractivity contribution is 6.30. The van der Waals surface area contributed by atoms with E-state index in [9.17, 15) is 5.11 Å². The smallest absolute Gasteiger partial charge is 0.163 e. The molecule has 3 aromatic rings. The van der Waals surface area contributed by atoms with Crippen molar-refractivity contribution in [1.29, 1.82) is 0 Å². The number of nitrogens with one attached hydrogen (secondary N) is 1. The second-order valence-electron chi connectivity index (χ2n) is 6.84. The van der Waals surface area contributed by atoms with Crippen LogP contribution in [0, 0.1) is 0 Å². The minimum atomic E-state index is -0.246. The van der Waals surface area contributed by atoms with Gasteiger partial charge in [0.25, 0.3) is 0 Å². The molecule has 5 rings (SSSR count). The molecule has 2 aliphatic heterocycles. The fourth-order valence-electron chi connectivity index (χ4n) is 3.63. The topological polar surface area (TPSA) is 85.7 Å². The van der Waals surface area contributed by atoms with Crippen LogP contribution in [0.3, 0.4) is 0 Å². The molecule has 7 nitrogen and oxygen atoms in total. The Kier molecular flexibility index (Phi) is 4.43. The number of ether oxygens (including phenoxy) is 3. The van der Waals surface area contributed by atoms with E-state index in [1.807, 2.05) is 12.1 Å². The minimum absolute atomic E-state index is 0.0166. The number of hydrogen-bond acceptors (Lipinski definition) is 7. The molecule has 1 aromatic heterocycles. The van der Waals surface area contributed by atoms with Crippen molar-refractivity contribution in [2.75, 3.05) is 18.5 Å². The number of rotatable bonds is 4. The molecule has 0 bridgehead atoms. The van der Waals surface area contributed by atoms with Gasteiger partial charge in [-0.05, 0) is 36.8 Å². The normalized spacial score (nSPS) is 23.7. The number of benzene rings is 2. The zero-order chi connectivity index (χ0) is 19.1. The van der Waals surface area contributed by atoms with E-state index in [0.717, 1.165) is 12.1 Å². The Morgan fingerprint density at radius 2 is 2.00 bits per heavy atom. The third-order valence-corrected chi connectivity index (χ3v) is 5.27. The van der Waals surface area contributed by atoms with E-state index in [0.29, 0.717) is 40.7 Å². The van der Waals surface area contributed by atoms with Crippen LogP contribution in [0.1, 0.15) is 6.42 Å². The van der Waals surface area contributed by atoms with Gasteiger partial charge in [-0.1, -0.05) is 11.6 Å². The molecule has 0 saturated carbocycles. The monoisotopic (exact) mass is 399 g/mol. The number of phenols is 1. The Morgan fingerprint density at radius 1 is 1.14 bits per heavy atom. The molecule has 2 N–H and O–H groups in total. The van der Waals surface area contributed by atoms with Crippen LogP contribution >= 0.6 is 11.6 Å². The maximum Gasteiger partial charge on any atom is 0.163 e. The molecule has 2 fully saturated rings. The summed E-state index contributed by atoms with van der Waals surface area (Å²) in [4.78, 5) is 8.61. The van der Waals surface area contributed by atoms with Crippen molar-refractivity contribution in [3.05, 3.63) is 47.7 Å². The highest BCUT2D eigenvalue weighted by Crippen LogP contribution is 2.37. The molecule has 2 aliphatic rings. The largest absolute Gasteiger partial charge is 0.504 e. The third kappa shape index (κ3) is 3.22. The van der Waals surface area contributed by atoms with Crippen LogP contribution < -0.4 is 10.1 Å². The van der Waals surface area contributed by atoms with E-state index in [1.165, 1.54) is 6.33 Å². The Bertz CT molecular complexity index is 1010. The summed E-state index contributed by atoms with van der Waals surface area (Å²) < 4.78 is 17.4. The van der Waals surface area contributed by atoms with Gasteiger partial charge in [0.05, 0.1) is 18.2 Å². The fourth-order valence-corrected chi connectivity index (χ4v) is 3.76. The highest BCUT2D eigenvalue weighted by Gasteiger charge is 2.43. The fraction of sp³-hybridized carbons (Fsp3) is 0.300. The molecular formula is C20H18ClN3O4. The molecule has 3 atom stereocenters. The first-order valence-corrected chi connectivity index (χ1v) is 9.45. The summed E-state index contributed by atoms with van der Waals surface area (Å²) in [5, 5.41) is 15.1. The molecule has 28 heavy (non-hydrogen) atoms. The lowest BCUT2D eigenvalue weighted by atomic mass is 10.1. The standard InChI is InChI=1S/C20H18ClN3O4/c21-11-1-3-12(4-2-11)24-20-13-7-15(25)17(8-14(13)22-10-23-20)28-18-9-27-16-5-6-26-19(16)18/h1-4,7-8,10,16,18-19,25H,5-6,9H2,(H,22,23,24)/t16?,18-,19?/m1/s1. The van der Waals surface area contributed by atoms with Gasteiger partial charge in [-0.2, -0.15) is 0 Å². The zero-order valence-electron chi connectivity index (χ0n) is 14.8. The summed E-state index contributed by atoms with van der Waals surface area (Å²) in [7, 11) is 0. The van der Waals surface area contributed by atoms with Crippen molar-refractivity contribution in [2.24, 2.45) is 0 Å². The predicted octanol–water partition coefficient (Wildman–Crippen LogP) is 3.67. The van der Waals surface area contributed by atoms with Crippen LogP contribution in [0.5, 0.6) is 11.5 Å². The van der Waals surface area contributed by atoms with E-state index in [-0.39, 0.29) is 24.1 Å². The van der Waals surface area contributed by atoms with Gasteiger partial charge in [-0.3, -0.25) is 0 Å². The van der Waals surface area contributed by atoms with Crippen molar-refractivity contribution in [2.45, 2.75) is 24.7 Å². The van der Waals surface area contributed by atoms with Crippen molar-refractivity contribution in [3.8, 4) is 11.5 Å². The molecule has 0 radical (unpaired) electrons. The van der Waals surface area contributed by atoms with Crippen LogP contribution in [0.2, 0.25) is 5.02 Å². The lowest BCUT2D eigenvalue weighted by Crippen LogP contribution is -2.32. The summed E-state index contributed by atoms with van der Waals surface area (Å²) >= 11 is 5.93. The van der Waals surface area contributed by atoms with Gasteiger partial charge in [0.15, 0.2) is 17.6 Å². The van der Waals surface area contributed by atoms with Gasteiger partial charge >= 0.3 is 0 Å². The lowest BCUT2D eigenvalue weighted by molar-refractivity contribution is 0.0299. The SMILES string of the molecule is Oc1cc2c(Nc3ccc(Cl)cc3)ncnc2cc1O[C@@H]1COC2CCOC21. The summed E-state index contributed by atoms with van der Waals surface area (Å²) in [5.74, 6) is 0.953. The van der Waals surface area contributed by atoms with Gasteiger partial charge < -0.3 is 24.6 Å². The molecule has 144 valence electrons. The quantitative estimate of drug-likeness (QED) is 0.692. The second kappa shape index (κ2) is 7.09. The van der Waals surface area contributed by atoms with Gasteiger partial charge in [0.2, 0.25) is 0 Å². The van der Waals surface area contributed by atoms with E-state index < -0.39 is 0 Å². The molecule has 8 heteroatoms.